The Labute approximate surface area is 265 Å². The number of carbonyl (C=O) groups is 2. The highest BCUT2D eigenvalue weighted by Gasteiger charge is 2.51. The minimum Gasteiger partial charge on any atom is -0.481 e. The topological polar surface area (TPSA) is 97.8 Å². The Balaban J connectivity index is 1.51. The van der Waals surface area contributed by atoms with Crippen LogP contribution in [0, 0.1) is 24.1 Å². The number of carboxylic acid groups (broad SMARTS) is 1. The van der Waals surface area contributed by atoms with E-state index >= 15 is 0 Å². The van der Waals surface area contributed by atoms with Crippen LogP contribution in [0.1, 0.15) is 76.8 Å². The van der Waals surface area contributed by atoms with Crippen molar-refractivity contribution in [2.24, 2.45) is 11.3 Å². The molecule has 2 saturated heterocycles. The normalized spacial score (nSPS) is 22.0. The number of likely N-dealkylation sites (tertiary alicyclic amines) is 1. The zero-order chi connectivity index (χ0) is 32.3. The summed E-state index contributed by atoms with van der Waals surface area (Å²) in [5, 5.41) is 10.7. The van der Waals surface area contributed by atoms with Gasteiger partial charge in [0.05, 0.1) is 25.7 Å². The van der Waals surface area contributed by atoms with Crippen LogP contribution in [0.25, 0.3) is 0 Å². The Morgan fingerprint density at radius 2 is 1.73 bits per heavy atom. The molecule has 3 atom stereocenters. The number of rotatable bonds is 13. The highest BCUT2D eigenvalue weighted by Crippen LogP contribution is 2.46. The molecule has 0 radical (unpaired) electrons. The molecule has 1 amide bonds. The van der Waals surface area contributed by atoms with Crippen molar-refractivity contribution >= 4 is 17.6 Å². The number of anilines is 1. The first-order chi connectivity index (χ1) is 21.5. The fourth-order valence-electron chi connectivity index (χ4n) is 7.33. The van der Waals surface area contributed by atoms with E-state index in [0.29, 0.717) is 48.9 Å². The molecule has 3 heterocycles. The lowest BCUT2D eigenvalue weighted by molar-refractivity contribution is -0.147. The highest BCUT2D eigenvalue weighted by atomic mass is 19.1. The number of halogens is 1. The summed E-state index contributed by atoms with van der Waals surface area (Å²) in [6, 6.07) is 9.88. The van der Waals surface area contributed by atoms with Gasteiger partial charge in [-0.3, -0.25) is 14.5 Å². The molecule has 0 unspecified atom stereocenters. The largest absolute Gasteiger partial charge is 0.481 e. The summed E-state index contributed by atoms with van der Waals surface area (Å²) >= 11 is 0. The van der Waals surface area contributed by atoms with Gasteiger partial charge in [-0.05, 0) is 67.6 Å². The van der Waals surface area contributed by atoms with Crippen LogP contribution < -0.4 is 14.4 Å². The zero-order valence-corrected chi connectivity index (χ0v) is 27.1. The SMILES string of the molecule is CCCC(CCC)N(C(=O)CN1C[C@H](c2ccc3c(c2)OCO3)[C@@H](C(=O)O)[C@@H]1CC(C)(C)C1OCCO1)c1ccc(F)c(C)c1. The van der Waals surface area contributed by atoms with Gasteiger partial charge >= 0.3 is 5.97 Å². The molecular weight excluding hydrogens is 579 g/mol. The Morgan fingerprint density at radius 1 is 1.04 bits per heavy atom. The minimum atomic E-state index is -0.914. The molecule has 0 aliphatic carbocycles. The molecule has 3 aliphatic heterocycles. The molecule has 0 aromatic heterocycles. The number of fused-ring (bicyclic) bond motifs is 1. The monoisotopic (exact) mass is 626 g/mol. The minimum absolute atomic E-state index is 0.0261. The zero-order valence-electron chi connectivity index (χ0n) is 27.1. The molecule has 5 rings (SSSR count). The maximum absolute atomic E-state index is 14.5. The van der Waals surface area contributed by atoms with Gasteiger partial charge in [0.25, 0.3) is 0 Å². The molecule has 0 spiro atoms. The van der Waals surface area contributed by atoms with E-state index in [-0.39, 0.29) is 37.0 Å². The van der Waals surface area contributed by atoms with Crippen molar-refractivity contribution in [3.63, 3.8) is 0 Å². The lowest BCUT2D eigenvalue weighted by atomic mass is 9.77. The van der Waals surface area contributed by atoms with E-state index < -0.39 is 29.6 Å². The standard InChI is InChI=1S/C35H47FN2O7/c1-6-8-24(9-7-2)38(25-11-12-27(36)22(3)16-25)31(39)20-37-19-26(23-10-13-29-30(17-23)45-21-44-29)32(33(40)41)28(37)18-35(4,5)34-42-14-15-43-34/h10-13,16-17,24,26,28,32,34H,6-9,14-15,18-21H2,1-5H3,(H,40,41)/t26-,28+,32-/m1/s1. The lowest BCUT2D eigenvalue weighted by Crippen LogP contribution is -2.49. The van der Waals surface area contributed by atoms with Crippen molar-refractivity contribution in [3.05, 3.63) is 53.3 Å². The highest BCUT2D eigenvalue weighted by molar-refractivity contribution is 5.95. The third-order valence-corrected chi connectivity index (χ3v) is 9.49. The molecular formula is C35H47FN2O7. The van der Waals surface area contributed by atoms with Gasteiger partial charge in [0.15, 0.2) is 17.8 Å². The fourth-order valence-corrected chi connectivity index (χ4v) is 7.33. The quantitative estimate of drug-likeness (QED) is 0.284. The summed E-state index contributed by atoms with van der Waals surface area (Å²) in [4.78, 5) is 31.4. The Hall–Kier alpha value is -3.21. The van der Waals surface area contributed by atoms with Crippen molar-refractivity contribution in [2.45, 2.75) is 91.0 Å². The summed E-state index contributed by atoms with van der Waals surface area (Å²) in [6.45, 7) is 11.5. The third-order valence-electron chi connectivity index (χ3n) is 9.49. The van der Waals surface area contributed by atoms with E-state index in [4.69, 9.17) is 18.9 Å². The fraction of sp³-hybridized carbons (Fsp3) is 0.600. The van der Waals surface area contributed by atoms with Crippen molar-refractivity contribution in [1.82, 2.24) is 4.90 Å². The van der Waals surface area contributed by atoms with Crippen molar-refractivity contribution in [1.29, 1.82) is 0 Å². The lowest BCUT2D eigenvalue weighted by Gasteiger charge is -2.38. The van der Waals surface area contributed by atoms with Gasteiger partial charge in [0.2, 0.25) is 12.7 Å². The van der Waals surface area contributed by atoms with Gasteiger partial charge in [0.1, 0.15) is 5.82 Å². The van der Waals surface area contributed by atoms with Gasteiger partial charge in [0, 0.05) is 35.6 Å². The maximum Gasteiger partial charge on any atom is 0.308 e. The Morgan fingerprint density at radius 3 is 2.38 bits per heavy atom. The van der Waals surface area contributed by atoms with E-state index in [1.54, 1.807) is 19.1 Å². The number of hydrogen-bond donors (Lipinski definition) is 1. The number of carbonyl (C=O) groups excluding carboxylic acids is 1. The molecule has 2 aromatic carbocycles. The van der Waals surface area contributed by atoms with Gasteiger partial charge < -0.3 is 29.0 Å². The number of aliphatic carboxylic acids is 1. The van der Waals surface area contributed by atoms with E-state index in [1.165, 1.54) is 6.07 Å². The summed E-state index contributed by atoms with van der Waals surface area (Å²) in [7, 11) is 0. The van der Waals surface area contributed by atoms with E-state index in [0.717, 1.165) is 31.2 Å². The van der Waals surface area contributed by atoms with Gasteiger partial charge in [-0.15, -0.1) is 0 Å². The summed E-state index contributed by atoms with van der Waals surface area (Å²) in [5.74, 6) is -1.31. The number of benzene rings is 2. The third kappa shape index (κ3) is 7.13. The van der Waals surface area contributed by atoms with E-state index in [9.17, 15) is 19.1 Å². The van der Waals surface area contributed by atoms with Crippen LogP contribution in [-0.2, 0) is 19.1 Å². The van der Waals surface area contributed by atoms with Crippen molar-refractivity contribution in [3.8, 4) is 11.5 Å². The molecule has 9 nitrogen and oxygen atoms in total. The predicted molar refractivity (Wildman–Crippen MR) is 168 cm³/mol. The molecule has 0 saturated carbocycles. The number of aryl methyl sites for hydroxylation is 1. The van der Waals surface area contributed by atoms with Crippen LogP contribution in [0.3, 0.4) is 0 Å². The van der Waals surface area contributed by atoms with Gasteiger partial charge in [-0.2, -0.15) is 0 Å². The number of carboxylic acids is 1. The first-order valence-electron chi connectivity index (χ1n) is 16.2. The molecule has 3 aliphatic rings. The smallest absolute Gasteiger partial charge is 0.308 e. The first-order valence-corrected chi connectivity index (χ1v) is 16.2. The Bertz CT molecular complexity index is 1360. The predicted octanol–water partition coefficient (Wildman–Crippen LogP) is 6.12. The summed E-state index contributed by atoms with van der Waals surface area (Å²) < 4.78 is 37.2. The van der Waals surface area contributed by atoms with Crippen molar-refractivity contribution < 1.29 is 38.0 Å². The van der Waals surface area contributed by atoms with Crippen molar-refractivity contribution in [2.75, 3.05) is 38.0 Å². The van der Waals surface area contributed by atoms with E-state index in [1.807, 2.05) is 41.8 Å². The summed E-state index contributed by atoms with van der Waals surface area (Å²) in [5.41, 5.74) is 1.46. The van der Waals surface area contributed by atoms with Crippen LogP contribution in [0.5, 0.6) is 11.5 Å². The summed E-state index contributed by atoms with van der Waals surface area (Å²) in [6.07, 6.45) is 3.38. The van der Waals surface area contributed by atoms with Crippen LogP contribution >= 0.6 is 0 Å². The number of hydrogen-bond acceptors (Lipinski definition) is 7. The second kappa shape index (κ2) is 14.1. The second-order valence-electron chi connectivity index (χ2n) is 13.3. The molecule has 10 heteroatoms. The van der Waals surface area contributed by atoms with Gasteiger partial charge in [-0.1, -0.05) is 46.6 Å². The van der Waals surface area contributed by atoms with Crippen LogP contribution in [0.15, 0.2) is 36.4 Å². The number of nitrogens with zero attached hydrogens (tertiary/aromatic N) is 2. The number of ether oxygens (including phenoxy) is 4. The molecule has 246 valence electrons. The molecule has 0 bridgehead atoms. The maximum atomic E-state index is 14.5. The average Bonchev–Trinajstić information content (AvgIpc) is 3.76. The van der Waals surface area contributed by atoms with Crippen LogP contribution in [-0.4, -0.2) is 73.4 Å². The Kier molecular flexibility index (Phi) is 10.4. The average molecular weight is 627 g/mol. The molecule has 1 N–H and O–H groups in total. The molecule has 45 heavy (non-hydrogen) atoms. The van der Waals surface area contributed by atoms with Crippen LogP contribution in [0.4, 0.5) is 10.1 Å². The number of amides is 1. The molecule has 2 fully saturated rings. The first kappa shape index (κ1) is 33.2. The molecule has 2 aromatic rings. The second-order valence-corrected chi connectivity index (χ2v) is 13.3. The van der Waals surface area contributed by atoms with Gasteiger partial charge in [-0.25, -0.2) is 4.39 Å². The van der Waals surface area contributed by atoms with Crippen LogP contribution in [0.2, 0.25) is 0 Å². The van der Waals surface area contributed by atoms with E-state index in [2.05, 4.69) is 13.8 Å².